The fraction of sp³-hybridized carbons (Fsp3) is 0.556. The number of rotatable bonds is 5. The Kier molecular flexibility index (Phi) is 4.66. The van der Waals surface area contributed by atoms with E-state index in [1.165, 1.54) is 5.56 Å². The number of anilines is 1. The lowest BCUT2D eigenvalue weighted by Crippen LogP contribution is -2.37. The van der Waals surface area contributed by atoms with Crippen molar-refractivity contribution in [1.82, 2.24) is 10.6 Å². The summed E-state index contributed by atoms with van der Waals surface area (Å²) >= 11 is 0. The highest BCUT2D eigenvalue weighted by atomic mass is 16.2. The third kappa shape index (κ3) is 3.72. The normalized spacial score (nSPS) is 21.7. The molecule has 1 aliphatic heterocycles. The first-order chi connectivity index (χ1) is 11.1. The standard InChI is InChI=1S/C18H25N3O2/c1-2-13-4-3-5-14(10-13)21-16(22)12-20-17(23)15-11-18(15)6-8-19-9-7-18/h3-5,10,15,19H,2,6-9,11-12H2,1H3,(H,20,23)(H,21,22). The van der Waals surface area contributed by atoms with Crippen molar-refractivity contribution < 1.29 is 9.59 Å². The van der Waals surface area contributed by atoms with Gasteiger partial charge in [0.25, 0.3) is 0 Å². The summed E-state index contributed by atoms with van der Waals surface area (Å²) in [6.07, 6.45) is 4.04. The maximum atomic E-state index is 12.2. The van der Waals surface area contributed by atoms with Crippen molar-refractivity contribution in [2.45, 2.75) is 32.6 Å². The van der Waals surface area contributed by atoms with Gasteiger partial charge >= 0.3 is 0 Å². The molecule has 5 nitrogen and oxygen atoms in total. The van der Waals surface area contributed by atoms with Crippen molar-refractivity contribution >= 4 is 17.5 Å². The number of benzene rings is 1. The fourth-order valence-corrected chi connectivity index (χ4v) is 3.56. The molecule has 2 aliphatic rings. The van der Waals surface area contributed by atoms with E-state index in [-0.39, 0.29) is 29.7 Å². The quantitative estimate of drug-likeness (QED) is 0.774. The highest BCUT2D eigenvalue weighted by Crippen LogP contribution is 2.58. The Bertz CT molecular complexity index is 594. The van der Waals surface area contributed by atoms with Gasteiger partial charge in [-0.15, -0.1) is 0 Å². The minimum Gasteiger partial charge on any atom is -0.347 e. The zero-order valence-corrected chi connectivity index (χ0v) is 13.7. The van der Waals surface area contributed by atoms with Gasteiger partial charge in [0.05, 0.1) is 6.54 Å². The second kappa shape index (κ2) is 6.71. The van der Waals surface area contributed by atoms with Crippen molar-refractivity contribution in [1.29, 1.82) is 0 Å². The number of hydrogen-bond acceptors (Lipinski definition) is 3. The van der Waals surface area contributed by atoms with Gasteiger partial charge in [-0.25, -0.2) is 0 Å². The Balaban J connectivity index is 1.45. The number of piperidine rings is 1. The number of aryl methyl sites for hydroxylation is 1. The molecule has 0 bridgehead atoms. The average Bonchev–Trinajstić information content (AvgIpc) is 3.26. The summed E-state index contributed by atoms with van der Waals surface area (Å²) in [5.41, 5.74) is 2.17. The van der Waals surface area contributed by atoms with Crippen LogP contribution in [0.25, 0.3) is 0 Å². The molecular formula is C18H25N3O2. The van der Waals surface area contributed by atoms with Crippen molar-refractivity contribution in [3.05, 3.63) is 29.8 Å². The lowest BCUT2D eigenvalue weighted by molar-refractivity contribution is -0.125. The molecule has 1 aromatic rings. The zero-order chi connectivity index (χ0) is 16.3. The van der Waals surface area contributed by atoms with Crippen LogP contribution in [-0.4, -0.2) is 31.4 Å². The van der Waals surface area contributed by atoms with Gasteiger partial charge in [0.2, 0.25) is 11.8 Å². The van der Waals surface area contributed by atoms with Gasteiger partial charge in [0.15, 0.2) is 0 Å². The van der Waals surface area contributed by atoms with Crippen molar-refractivity contribution in [2.24, 2.45) is 11.3 Å². The minimum atomic E-state index is -0.174. The first-order valence-corrected chi connectivity index (χ1v) is 8.50. The molecule has 1 heterocycles. The molecular weight excluding hydrogens is 290 g/mol. The Morgan fingerprint density at radius 2 is 2.09 bits per heavy atom. The molecule has 1 spiro atoms. The van der Waals surface area contributed by atoms with Crippen LogP contribution in [0.4, 0.5) is 5.69 Å². The van der Waals surface area contributed by atoms with Crippen molar-refractivity contribution in [3.8, 4) is 0 Å². The second-order valence-corrected chi connectivity index (χ2v) is 6.69. The monoisotopic (exact) mass is 315 g/mol. The molecule has 1 saturated heterocycles. The molecule has 0 radical (unpaired) electrons. The van der Waals surface area contributed by atoms with E-state index in [9.17, 15) is 9.59 Å². The molecule has 1 saturated carbocycles. The maximum Gasteiger partial charge on any atom is 0.243 e. The van der Waals surface area contributed by atoms with Crippen molar-refractivity contribution in [3.63, 3.8) is 0 Å². The van der Waals surface area contributed by atoms with Crippen LogP contribution >= 0.6 is 0 Å². The van der Waals surface area contributed by atoms with Crippen LogP contribution in [0.5, 0.6) is 0 Å². The number of nitrogens with one attached hydrogen (secondary N) is 3. The molecule has 0 aromatic heterocycles. The van der Waals surface area contributed by atoms with E-state index in [1.807, 2.05) is 24.3 Å². The third-order valence-electron chi connectivity index (χ3n) is 5.15. The fourth-order valence-electron chi connectivity index (χ4n) is 3.56. The number of hydrogen-bond donors (Lipinski definition) is 3. The van der Waals surface area contributed by atoms with E-state index in [4.69, 9.17) is 0 Å². The number of amides is 2. The molecule has 23 heavy (non-hydrogen) atoms. The molecule has 1 atom stereocenters. The van der Waals surface area contributed by atoms with Crippen LogP contribution in [0.1, 0.15) is 31.7 Å². The molecule has 3 rings (SSSR count). The van der Waals surface area contributed by atoms with Crippen LogP contribution in [0.3, 0.4) is 0 Å². The summed E-state index contributed by atoms with van der Waals surface area (Å²) in [6.45, 7) is 4.11. The number of carbonyl (C=O) groups excluding carboxylic acids is 2. The molecule has 1 unspecified atom stereocenters. The van der Waals surface area contributed by atoms with Crippen molar-refractivity contribution in [2.75, 3.05) is 25.0 Å². The van der Waals surface area contributed by atoms with Gasteiger partial charge in [0, 0.05) is 11.6 Å². The maximum absolute atomic E-state index is 12.2. The van der Waals surface area contributed by atoms with Crippen LogP contribution in [0.2, 0.25) is 0 Å². The Morgan fingerprint density at radius 1 is 1.30 bits per heavy atom. The van der Waals surface area contributed by atoms with Gasteiger partial charge < -0.3 is 16.0 Å². The van der Waals surface area contributed by atoms with E-state index >= 15 is 0 Å². The summed E-state index contributed by atoms with van der Waals surface area (Å²) in [4.78, 5) is 24.2. The first-order valence-electron chi connectivity index (χ1n) is 8.50. The molecule has 124 valence electrons. The Morgan fingerprint density at radius 3 is 2.83 bits per heavy atom. The average molecular weight is 315 g/mol. The van der Waals surface area contributed by atoms with E-state index < -0.39 is 0 Å². The molecule has 5 heteroatoms. The van der Waals surface area contributed by atoms with Gasteiger partial charge in [-0.05, 0) is 61.9 Å². The Labute approximate surface area is 137 Å². The van der Waals surface area contributed by atoms with Crippen LogP contribution in [0.15, 0.2) is 24.3 Å². The molecule has 3 N–H and O–H groups in total. The highest BCUT2D eigenvalue weighted by Gasteiger charge is 2.57. The summed E-state index contributed by atoms with van der Waals surface area (Å²) in [7, 11) is 0. The molecule has 1 aromatic carbocycles. The van der Waals surface area contributed by atoms with Crippen LogP contribution in [0, 0.1) is 11.3 Å². The van der Waals surface area contributed by atoms with E-state index in [0.29, 0.717) is 0 Å². The second-order valence-electron chi connectivity index (χ2n) is 6.69. The highest BCUT2D eigenvalue weighted by molar-refractivity contribution is 5.95. The smallest absolute Gasteiger partial charge is 0.243 e. The number of carbonyl (C=O) groups is 2. The predicted octanol–water partition coefficient (Wildman–Crippen LogP) is 1.69. The first kappa shape index (κ1) is 16.0. The van der Waals surface area contributed by atoms with Gasteiger partial charge in [-0.1, -0.05) is 19.1 Å². The topological polar surface area (TPSA) is 70.2 Å². The van der Waals surface area contributed by atoms with Gasteiger partial charge in [-0.2, -0.15) is 0 Å². The van der Waals surface area contributed by atoms with Gasteiger partial charge in [-0.3, -0.25) is 9.59 Å². The summed E-state index contributed by atoms with van der Waals surface area (Å²) in [5, 5.41) is 8.96. The molecule has 2 fully saturated rings. The van der Waals surface area contributed by atoms with E-state index in [2.05, 4.69) is 22.9 Å². The SMILES string of the molecule is CCc1cccc(NC(=O)CNC(=O)C2CC23CCNCC3)c1. The minimum absolute atomic E-state index is 0.0318. The molecule has 1 aliphatic carbocycles. The van der Waals surface area contributed by atoms with Crippen LogP contribution < -0.4 is 16.0 Å². The summed E-state index contributed by atoms with van der Waals surface area (Å²) in [6, 6.07) is 7.79. The van der Waals surface area contributed by atoms with E-state index in [0.717, 1.165) is 44.5 Å². The zero-order valence-electron chi connectivity index (χ0n) is 13.7. The lowest BCUT2D eigenvalue weighted by atomic mass is 9.92. The molecule has 2 amide bonds. The van der Waals surface area contributed by atoms with Crippen LogP contribution in [-0.2, 0) is 16.0 Å². The Hall–Kier alpha value is -1.88. The summed E-state index contributed by atoms with van der Waals surface area (Å²) in [5.74, 6) is -0.0446. The summed E-state index contributed by atoms with van der Waals surface area (Å²) < 4.78 is 0. The predicted molar refractivity (Wildman–Crippen MR) is 90.1 cm³/mol. The largest absolute Gasteiger partial charge is 0.347 e. The van der Waals surface area contributed by atoms with E-state index in [1.54, 1.807) is 0 Å². The third-order valence-corrected chi connectivity index (χ3v) is 5.15. The lowest BCUT2D eigenvalue weighted by Gasteiger charge is -2.23. The van der Waals surface area contributed by atoms with Gasteiger partial charge in [0.1, 0.15) is 0 Å².